The molecule has 4 nitrogen and oxygen atoms in total. The monoisotopic (exact) mass is 282 g/mol. The van der Waals surface area contributed by atoms with Crippen LogP contribution in [-0.4, -0.2) is 30.6 Å². The number of thiazole rings is 1. The number of ether oxygens (including phenoxy) is 1. The first-order chi connectivity index (χ1) is 9.17. The lowest BCUT2D eigenvalue weighted by Gasteiger charge is -2.35. The standard InChI is InChI=1S/C14H22N2O2S/c1-4-7-11-8-5-6-9-16(11)14-15-12(10(2)19-14)13(17)18-3/h11H,4-9H2,1-3H3. The lowest BCUT2D eigenvalue weighted by Crippen LogP contribution is -2.39. The summed E-state index contributed by atoms with van der Waals surface area (Å²) >= 11 is 1.61. The molecule has 1 atom stereocenters. The average Bonchev–Trinajstić information content (AvgIpc) is 2.81. The number of aromatic nitrogens is 1. The van der Waals surface area contributed by atoms with Gasteiger partial charge in [-0.15, -0.1) is 11.3 Å². The number of piperidine rings is 1. The molecule has 0 saturated carbocycles. The number of esters is 1. The predicted octanol–water partition coefficient (Wildman–Crippen LogP) is 3.40. The van der Waals surface area contributed by atoms with Crippen LogP contribution in [0.15, 0.2) is 0 Å². The average molecular weight is 282 g/mol. The smallest absolute Gasteiger partial charge is 0.357 e. The van der Waals surface area contributed by atoms with Crippen molar-refractivity contribution in [1.82, 2.24) is 4.98 Å². The molecule has 0 spiro atoms. The minimum Gasteiger partial charge on any atom is -0.464 e. The number of hydrogen-bond acceptors (Lipinski definition) is 5. The first kappa shape index (κ1) is 14.3. The van der Waals surface area contributed by atoms with Gasteiger partial charge in [0, 0.05) is 17.5 Å². The maximum Gasteiger partial charge on any atom is 0.357 e. The van der Waals surface area contributed by atoms with Gasteiger partial charge in [0.15, 0.2) is 10.8 Å². The van der Waals surface area contributed by atoms with E-state index in [1.165, 1.54) is 39.2 Å². The summed E-state index contributed by atoms with van der Waals surface area (Å²) in [6, 6.07) is 0.579. The zero-order valence-electron chi connectivity index (χ0n) is 11.9. The Labute approximate surface area is 118 Å². The van der Waals surface area contributed by atoms with Gasteiger partial charge in [0.1, 0.15) is 0 Å². The number of nitrogens with zero attached hydrogens (tertiary/aromatic N) is 2. The molecule has 19 heavy (non-hydrogen) atoms. The van der Waals surface area contributed by atoms with Crippen LogP contribution in [0.5, 0.6) is 0 Å². The molecule has 1 aliphatic rings. The van der Waals surface area contributed by atoms with Crippen molar-refractivity contribution in [2.24, 2.45) is 0 Å². The molecule has 2 rings (SSSR count). The summed E-state index contributed by atoms with van der Waals surface area (Å²) in [5.74, 6) is -0.330. The highest BCUT2D eigenvalue weighted by atomic mass is 32.1. The summed E-state index contributed by atoms with van der Waals surface area (Å²) in [7, 11) is 1.40. The highest BCUT2D eigenvalue weighted by Crippen LogP contribution is 2.32. The Hall–Kier alpha value is -1.10. The normalized spacial score (nSPS) is 19.5. The van der Waals surface area contributed by atoms with Crippen molar-refractivity contribution in [2.75, 3.05) is 18.6 Å². The topological polar surface area (TPSA) is 42.4 Å². The minimum atomic E-state index is -0.330. The van der Waals surface area contributed by atoms with E-state index in [9.17, 15) is 4.79 Å². The highest BCUT2D eigenvalue weighted by molar-refractivity contribution is 7.15. The van der Waals surface area contributed by atoms with Crippen LogP contribution in [0.4, 0.5) is 5.13 Å². The van der Waals surface area contributed by atoms with E-state index in [1.807, 2.05) is 6.92 Å². The highest BCUT2D eigenvalue weighted by Gasteiger charge is 2.26. The van der Waals surface area contributed by atoms with Crippen LogP contribution in [0.2, 0.25) is 0 Å². The molecule has 1 aromatic rings. The second kappa shape index (κ2) is 6.37. The van der Waals surface area contributed by atoms with Crippen molar-refractivity contribution in [3.63, 3.8) is 0 Å². The molecule has 1 unspecified atom stereocenters. The lowest BCUT2D eigenvalue weighted by molar-refractivity contribution is 0.0594. The maximum atomic E-state index is 11.6. The number of hydrogen-bond donors (Lipinski definition) is 0. The predicted molar refractivity (Wildman–Crippen MR) is 78.1 cm³/mol. The van der Waals surface area contributed by atoms with E-state index >= 15 is 0 Å². The molecule has 5 heteroatoms. The molecule has 1 fully saturated rings. The fraction of sp³-hybridized carbons (Fsp3) is 0.714. The van der Waals surface area contributed by atoms with Gasteiger partial charge < -0.3 is 9.64 Å². The Morgan fingerprint density at radius 1 is 1.53 bits per heavy atom. The van der Waals surface area contributed by atoms with E-state index in [4.69, 9.17) is 4.74 Å². The molecular weight excluding hydrogens is 260 g/mol. The SMILES string of the molecule is CCCC1CCCCN1c1nc(C(=O)OC)c(C)s1. The Morgan fingerprint density at radius 2 is 2.32 bits per heavy atom. The number of methoxy groups -OCH3 is 1. The quantitative estimate of drug-likeness (QED) is 0.794. The molecule has 0 radical (unpaired) electrons. The number of carbonyl (C=O) groups excluding carboxylic acids is 1. The number of carbonyl (C=O) groups is 1. The summed E-state index contributed by atoms with van der Waals surface area (Å²) < 4.78 is 4.78. The zero-order chi connectivity index (χ0) is 13.8. The van der Waals surface area contributed by atoms with Gasteiger partial charge in [-0.1, -0.05) is 13.3 Å². The second-order valence-corrected chi connectivity index (χ2v) is 6.21. The van der Waals surface area contributed by atoms with E-state index in [-0.39, 0.29) is 5.97 Å². The molecular formula is C14H22N2O2S. The van der Waals surface area contributed by atoms with Gasteiger partial charge in [-0.05, 0) is 32.6 Å². The van der Waals surface area contributed by atoms with Gasteiger partial charge in [-0.3, -0.25) is 0 Å². The third-order valence-corrected chi connectivity index (χ3v) is 4.67. The van der Waals surface area contributed by atoms with Crippen LogP contribution in [-0.2, 0) is 4.74 Å². The minimum absolute atomic E-state index is 0.330. The number of rotatable bonds is 4. The van der Waals surface area contributed by atoms with E-state index in [1.54, 1.807) is 11.3 Å². The van der Waals surface area contributed by atoms with Crippen LogP contribution in [0.1, 0.15) is 54.4 Å². The van der Waals surface area contributed by atoms with Crippen molar-refractivity contribution in [3.05, 3.63) is 10.6 Å². The Morgan fingerprint density at radius 3 is 3.00 bits per heavy atom. The van der Waals surface area contributed by atoms with Crippen molar-refractivity contribution in [2.45, 2.75) is 52.0 Å². The third-order valence-electron chi connectivity index (χ3n) is 3.66. The fourth-order valence-electron chi connectivity index (χ4n) is 2.68. The van der Waals surface area contributed by atoms with Crippen molar-refractivity contribution in [3.8, 4) is 0 Å². The summed E-state index contributed by atoms with van der Waals surface area (Å²) in [5, 5.41) is 0.982. The molecule has 0 N–H and O–H groups in total. The van der Waals surface area contributed by atoms with Gasteiger partial charge >= 0.3 is 5.97 Å². The largest absolute Gasteiger partial charge is 0.464 e. The zero-order valence-corrected chi connectivity index (χ0v) is 12.8. The van der Waals surface area contributed by atoms with Gasteiger partial charge in [0.25, 0.3) is 0 Å². The van der Waals surface area contributed by atoms with Crippen LogP contribution in [0.25, 0.3) is 0 Å². The van der Waals surface area contributed by atoms with Crippen LogP contribution in [0.3, 0.4) is 0 Å². The van der Waals surface area contributed by atoms with Crippen molar-refractivity contribution in [1.29, 1.82) is 0 Å². The molecule has 0 amide bonds. The first-order valence-corrected chi connectivity index (χ1v) is 7.81. The Bertz CT molecular complexity index is 443. The number of aryl methyl sites for hydroxylation is 1. The first-order valence-electron chi connectivity index (χ1n) is 6.99. The van der Waals surface area contributed by atoms with Gasteiger partial charge in [-0.25, -0.2) is 9.78 Å². The Kier molecular flexibility index (Phi) is 4.80. The van der Waals surface area contributed by atoms with Crippen LogP contribution >= 0.6 is 11.3 Å². The van der Waals surface area contributed by atoms with Crippen LogP contribution < -0.4 is 4.90 Å². The van der Waals surface area contributed by atoms with E-state index in [0.717, 1.165) is 16.6 Å². The Balaban J connectivity index is 2.22. The maximum absolute atomic E-state index is 11.6. The van der Waals surface area contributed by atoms with E-state index < -0.39 is 0 Å². The van der Waals surface area contributed by atoms with Gasteiger partial charge in [0.05, 0.1) is 7.11 Å². The molecule has 1 saturated heterocycles. The molecule has 0 aromatic carbocycles. The summed E-state index contributed by atoms with van der Waals surface area (Å²) in [6.45, 7) is 5.21. The lowest BCUT2D eigenvalue weighted by atomic mass is 9.99. The molecule has 106 valence electrons. The van der Waals surface area contributed by atoms with Crippen molar-refractivity contribution >= 4 is 22.4 Å². The van der Waals surface area contributed by atoms with Gasteiger partial charge in [0.2, 0.25) is 0 Å². The van der Waals surface area contributed by atoms with E-state index in [2.05, 4.69) is 16.8 Å². The van der Waals surface area contributed by atoms with Crippen molar-refractivity contribution < 1.29 is 9.53 Å². The molecule has 1 aromatic heterocycles. The van der Waals surface area contributed by atoms with Gasteiger partial charge in [-0.2, -0.15) is 0 Å². The summed E-state index contributed by atoms with van der Waals surface area (Å²) in [5.41, 5.74) is 0.475. The molecule has 0 aliphatic carbocycles. The number of anilines is 1. The van der Waals surface area contributed by atoms with Crippen LogP contribution in [0, 0.1) is 6.92 Å². The summed E-state index contributed by atoms with van der Waals surface area (Å²) in [6.07, 6.45) is 6.14. The van der Waals surface area contributed by atoms with E-state index in [0.29, 0.717) is 11.7 Å². The molecule has 0 bridgehead atoms. The molecule has 2 heterocycles. The third kappa shape index (κ3) is 3.08. The second-order valence-electron chi connectivity index (χ2n) is 5.02. The molecule has 1 aliphatic heterocycles. The fourth-order valence-corrected chi connectivity index (χ4v) is 3.67. The summed E-state index contributed by atoms with van der Waals surface area (Å²) in [4.78, 5) is 19.5.